The summed E-state index contributed by atoms with van der Waals surface area (Å²) in [6.07, 6.45) is 4.95. The van der Waals surface area contributed by atoms with Crippen LogP contribution in [0.3, 0.4) is 0 Å². The van der Waals surface area contributed by atoms with Gasteiger partial charge in [0.05, 0.1) is 18.3 Å². The van der Waals surface area contributed by atoms with E-state index in [9.17, 15) is 9.59 Å². The molecule has 0 bridgehead atoms. The second-order valence-corrected chi connectivity index (χ2v) is 7.47. The Labute approximate surface area is 188 Å². The summed E-state index contributed by atoms with van der Waals surface area (Å²) in [4.78, 5) is 35.1. The van der Waals surface area contributed by atoms with Gasteiger partial charge in [-0.2, -0.15) is 0 Å². The maximum absolute atomic E-state index is 13.1. The van der Waals surface area contributed by atoms with E-state index in [4.69, 9.17) is 9.15 Å². The SMILES string of the molecule is COCCn1c(C(=O)NCc2ccc(-c3ccco3)nc2)cc2c(=O)n3ccccc3nc21. The summed E-state index contributed by atoms with van der Waals surface area (Å²) < 4.78 is 13.7. The molecule has 5 aromatic rings. The predicted molar refractivity (Wildman–Crippen MR) is 122 cm³/mol. The number of hydrogen-bond acceptors (Lipinski definition) is 6. The lowest BCUT2D eigenvalue weighted by Gasteiger charge is -2.10. The van der Waals surface area contributed by atoms with Crippen LogP contribution in [-0.2, 0) is 17.8 Å². The third-order valence-corrected chi connectivity index (χ3v) is 5.38. The lowest BCUT2D eigenvalue weighted by atomic mass is 10.2. The third-order valence-electron chi connectivity index (χ3n) is 5.38. The first-order chi connectivity index (χ1) is 16.2. The van der Waals surface area contributed by atoms with E-state index in [-0.39, 0.29) is 18.0 Å². The van der Waals surface area contributed by atoms with Crippen LogP contribution in [0, 0.1) is 0 Å². The lowest BCUT2D eigenvalue weighted by molar-refractivity contribution is 0.0939. The van der Waals surface area contributed by atoms with Gasteiger partial charge in [0.15, 0.2) is 5.76 Å². The Kier molecular flexibility index (Phi) is 5.45. The van der Waals surface area contributed by atoms with E-state index in [1.54, 1.807) is 54.6 Å². The van der Waals surface area contributed by atoms with Gasteiger partial charge in [0.25, 0.3) is 11.5 Å². The van der Waals surface area contributed by atoms with Crippen LogP contribution in [0.1, 0.15) is 16.1 Å². The first kappa shape index (κ1) is 20.7. The van der Waals surface area contributed by atoms with Crippen LogP contribution in [0.2, 0.25) is 0 Å². The van der Waals surface area contributed by atoms with Crippen molar-refractivity contribution in [2.24, 2.45) is 0 Å². The molecule has 0 aliphatic heterocycles. The van der Waals surface area contributed by atoms with Gasteiger partial charge in [-0.1, -0.05) is 12.1 Å². The van der Waals surface area contributed by atoms with E-state index in [1.165, 1.54) is 4.40 Å². The summed E-state index contributed by atoms with van der Waals surface area (Å²) in [5.74, 6) is 0.368. The van der Waals surface area contributed by atoms with E-state index < -0.39 is 0 Å². The van der Waals surface area contributed by atoms with Crippen molar-refractivity contribution in [3.8, 4) is 11.5 Å². The standard InChI is InChI=1S/C24H21N5O4/c1-32-12-10-28-19(13-17-22(28)27-21-6-2-3-9-29(21)24(17)31)23(30)26-15-16-7-8-18(25-14-16)20-5-4-11-33-20/h2-9,11,13-14H,10,12,15H2,1H3,(H,26,30). The monoisotopic (exact) mass is 443 g/mol. The Bertz CT molecular complexity index is 1480. The van der Waals surface area contributed by atoms with Gasteiger partial charge in [-0.25, -0.2) is 4.98 Å². The molecular weight excluding hydrogens is 422 g/mol. The van der Waals surface area contributed by atoms with Gasteiger partial charge in [-0.3, -0.25) is 19.0 Å². The van der Waals surface area contributed by atoms with Gasteiger partial charge in [0, 0.05) is 32.6 Å². The molecule has 1 N–H and O–H groups in total. The molecule has 0 aliphatic rings. The van der Waals surface area contributed by atoms with Crippen molar-refractivity contribution in [1.82, 2.24) is 24.3 Å². The molecule has 0 unspecified atom stereocenters. The highest BCUT2D eigenvalue weighted by Crippen LogP contribution is 2.18. The van der Waals surface area contributed by atoms with Crippen molar-refractivity contribution in [1.29, 1.82) is 0 Å². The van der Waals surface area contributed by atoms with Crippen LogP contribution in [0.5, 0.6) is 0 Å². The van der Waals surface area contributed by atoms with E-state index in [1.807, 2.05) is 24.3 Å². The van der Waals surface area contributed by atoms with Crippen molar-refractivity contribution >= 4 is 22.6 Å². The number of pyridine rings is 2. The van der Waals surface area contributed by atoms with Crippen molar-refractivity contribution in [2.45, 2.75) is 13.1 Å². The zero-order valence-electron chi connectivity index (χ0n) is 17.9. The van der Waals surface area contributed by atoms with E-state index >= 15 is 0 Å². The fourth-order valence-electron chi connectivity index (χ4n) is 3.72. The van der Waals surface area contributed by atoms with E-state index in [0.717, 1.165) is 5.56 Å². The van der Waals surface area contributed by atoms with Crippen LogP contribution in [0.4, 0.5) is 0 Å². The lowest BCUT2D eigenvalue weighted by Crippen LogP contribution is -2.26. The maximum Gasteiger partial charge on any atom is 0.268 e. The summed E-state index contributed by atoms with van der Waals surface area (Å²) >= 11 is 0. The van der Waals surface area contributed by atoms with Crippen molar-refractivity contribution in [3.05, 3.63) is 88.8 Å². The first-order valence-electron chi connectivity index (χ1n) is 10.4. The zero-order valence-corrected chi connectivity index (χ0v) is 17.9. The molecule has 9 nitrogen and oxygen atoms in total. The topological polar surface area (TPSA) is 104 Å². The van der Waals surface area contributed by atoms with Crippen molar-refractivity contribution in [2.75, 3.05) is 13.7 Å². The zero-order chi connectivity index (χ0) is 22.8. The molecule has 0 radical (unpaired) electrons. The molecule has 5 rings (SSSR count). The fraction of sp³-hybridized carbons (Fsp3) is 0.167. The molecule has 9 heteroatoms. The molecule has 166 valence electrons. The molecule has 0 aliphatic carbocycles. The number of methoxy groups -OCH3 is 1. The molecule has 5 aromatic heterocycles. The Balaban J connectivity index is 1.44. The van der Waals surface area contributed by atoms with Gasteiger partial charge in [-0.05, 0) is 42.0 Å². The minimum atomic E-state index is -0.312. The van der Waals surface area contributed by atoms with Crippen LogP contribution < -0.4 is 10.9 Å². The van der Waals surface area contributed by atoms with E-state index in [0.29, 0.717) is 47.0 Å². The summed E-state index contributed by atoms with van der Waals surface area (Å²) in [5.41, 5.74) is 2.65. The molecule has 5 heterocycles. The molecule has 0 fully saturated rings. The number of hydrogen-bond donors (Lipinski definition) is 1. The number of fused-ring (bicyclic) bond motifs is 2. The van der Waals surface area contributed by atoms with Gasteiger partial charge >= 0.3 is 0 Å². The van der Waals surface area contributed by atoms with Gasteiger partial charge in [0.1, 0.15) is 22.7 Å². The Morgan fingerprint density at radius 2 is 2.09 bits per heavy atom. The number of rotatable bonds is 7. The van der Waals surface area contributed by atoms with E-state index in [2.05, 4.69) is 15.3 Å². The number of ether oxygens (including phenoxy) is 1. The number of carbonyl (C=O) groups excluding carboxylic acids is 1. The Hall–Kier alpha value is -4.24. The molecule has 0 atom stereocenters. The molecule has 1 amide bonds. The summed E-state index contributed by atoms with van der Waals surface area (Å²) in [5, 5.41) is 3.29. The minimum Gasteiger partial charge on any atom is -0.463 e. The molecular formula is C24H21N5O4. The van der Waals surface area contributed by atoms with Crippen LogP contribution in [-0.4, -0.2) is 38.6 Å². The summed E-state index contributed by atoms with van der Waals surface area (Å²) in [7, 11) is 1.59. The molecule has 0 spiro atoms. The predicted octanol–water partition coefficient (Wildman–Crippen LogP) is 2.88. The largest absolute Gasteiger partial charge is 0.463 e. The number of aromatic nitrogens is 4. The summed E-state index contributed by atoms with van der Waals surface area (Å²) in [6, 6.07) is 14.3. The van der Waals surface area contributed by atoms with Crippen molar-refractivity contribution < 1.29 is 13.9 Å². The van der Waals surface area contributed by atoms with Crippen molar-refractivity contribution in [3.63, 3.8) is 0 Å². The summed E-state index contributed by atoms with van der Waals surface area (Å²) in [6.45, 7) is 1.04. The second kappa shape index (κ2) is 8.71. The van der Waals surface area contributed by atoms with Gasteiger partial charge in [-0.15, -0.1) is 0 Å². The highest BCUT2D eigenvalue weighted by Gasteiger charge is 2.19. The molecule has 33 heavy (non-hydrogen) atoms. The third kappa shape index (κ3) is 3.90. The first-order valence-corrected chi connectivity index (χ1v) is 10.4. The number of nitrogens with zero attached hydrogens (tertiary/aromatic N) is 4. The number of nitrogens with one attached hydrogen (secondary N) is 1. The number of amides is 1. The maximum atomic E-state index is 13.1. The van der Waals surface area contributed by atoms with Crippen LogP contribution in [0.15, 0.2) is 76.4 Å². The van der Waals surface area contributed by atoms with Gasteiger partial charge < -0.3 is 19.0 Å². The highest BCUT2D eigenvalue weighted by atomic mass is 16.5. The van der Waals surface area contributed by atoms with Gasteiger partial charge in [0.2, 0.25) is 0 Å². The fourth-order valence-corrected chi connectivity index (χ4v) is 3.72. The number of carbonyl (C=O) groups is 1. The number of furan rings is 1. The molecule has 0 saturated heterocycles. The van der Waals surface area contributed by atoms with Crippen LogP contribution in [0.25, 0.3) is 28.1 Å². The second-order valence-electron chi connectivity index (χ2n) is 7.47. The molecule has 0 aromatic carbocycles. The highest BCUT2D eigenvalue weighted by molar-refractivity contribution is 5.98. The molecule has 0 saturated carbocycles. The quantitative estimate of drug-likeness (QED) is 0.415. The Morgan fingerprint density at radius 1 is 1.18 bits per heavy atom. The minimum absolute atomic E-state index is 0.224. The average molecular weight is 443 g/mol. The average Bonchev–Trinajstić information content (AvgIpc) is 3.51. The van der Waals surface area contributed by atoms with Crippen LogP contribution >= 0.6 is 0 Å². The Morgan fingerprint density at radius 3 is 2.85 bits per heavy atom. The smallest absolute Gasteiger partial charge is 0.268 e. The normalized spacial score (nSPS) is 11.3.